The van der Waals surface area contributed by atoms with Crippen LogP contribution < -0.4 is 4.73 Å². The molecular weight excluding hydrogens is 180 g/mol. The van der Waals surface area contributed by atoms with Gasteiger partial charge in [0.25, 0.3) is 0 Å². The highest BCUT2D eigenvalue weighted by molar-refractivity contribution is 5.83. The second-order valence-electron chi connectivity index (χ2n) is 3.14. The van der Waals surface area contributed by atoms with Gasteiger partial charge >= 0.3 is 0 Å². The number of nitrogens with zero attached hydrogens (tertiary/aromatic N) is 1. The molecule has 0 fully saturated rings. The lowest BCUT2D eigenvalue weighted by Gasteiger charge is -2.05. The molecule has 1 aromatic heterocycles. The van der Waals surface area contributed by atoms with Gasteiger partial charge in [-0.15, -0.1) is 0 Å². The summed E-state index contributed by atoms with van der Waals surface area (Å²) >= 11 is 0. The van der Waals surface area contributed by atoms with Crippen molar-refractivity contribution in [1.29, 1.82) is 5.41 Å². The Morgan fingerprint density at radius 3 is 2.93 bits per heavy atom. The Morgan fingerprint density at radius 1 is 1.64 bits per heavy atom. The normalized spacial score (nSPS) is 10.1. The molecule has 0 aromatic carbocycles. The summed E-state index contributed by atoms with van der Waals surface area (Å²) in [6, 6.07) is 3.54. The molecule has 4 heteroatoms. The Labute approximate surface area is 82.9 Å². The lowest BCUT2D eigenvalue weighted by Crippen LogP contribution is -2.33. The summed E-state index contributed by atoms with van der Waals surface area (Å²) in [5.74, 6) is 0. The Kier molecular flexibility index (Phi) is 3.59. The minimum atomic E-state index is -0.295. The second-order valence-corrected chi connectivity index (χ2v) is 3.14. The molecule has 2 N–H and O–H groups in total. The van der Waals surface area contributed by atoms with Crippen molar-refractivity contribution in [3.63, 3.8) is 0 Å². The summed E-state index contributed by atoms with van der Waals surface area (Å²) in [5, 5.41) is 27.3. The van der Waals surface area contributed by atoms with E-state index in [2.05, 4.69) is 0 Å². The van der Waals surface area contributed by atoms with E-state index in [0.29, 0.717) is 5.69 Å². The maximum Gasteiger partial charge on any atom is 0.198 e. The molecule has 0 saturated heterocycles. The SMILES string of the molecule is CCc1cc[n+]([O-])c(CC(=N)CO)c1. The zero-order valence-corrected chi connectivity index (χ0v) is 8.16. The number of hydrogen-bond donors (Lipinski definition) is 2. The smallest absolute Gasteiger partial charge is 0.198 e. The number of aliphatic hydroxyl groups excluding tert-OH is 1. The van der Waals surface area contributed by atoms with Gasteiger partial charge in [0.05, 0.1) is 13.0 Å². The van der Waals surface area contributed by atoms with Gasteiger partial charge in [0.1, 0.15) is 0 Å². The van der Waals surface area contributed by atoms with Crippen LogP contribution in [0.15, 0.2) is 18.3 Å². The number of nitrogens with one attached hydrogen (secondary N) is 1. The molecule has 0 unspecified atom stereocenters. The van der Waals surface area contributed by atoms with Gasteiger partial charge in [-0.25, -0.2) is 0 Å². The third-order valence-corrected chi connectivity index (χ3v) is 2.05. The number of hydrogen-bond acceptors (Lipinski definition) is 3. The summed E-state index contributed by atoms with van der Waals surface area (Å²) in [6.45, 7) is 1.71. The summed E-state index contributed by atoms with van der Waals surface area (Å²) < 4.78 is 0.739. The fourth-order valence-electron chi connectivity index (χ4n) is 1.21. The molecule has 0 aliphatic rings. The zero-order valence-electron chi connectivity index (χ0n) is 8.16. The number of aliphatic hydroxyl groups is 1. The Morgan fingerprint density at radius 2 is 2.36 bits per heavy atom. The minimum Gasteiger partial charge on any atom is -0.618 e. The molecular formula is C10H14N2O2. The number of pyridine rings is 1. The van der Waals surface area contributed by atoms with Crippen LogP contribution in [0, 0.1) is 10.6 Å². The first-order chi connectivity index (χ1) is 6.67. The van der Waals surface area contributed by atoms with E-state index < -0.39 is 0 Å². The third-order valence-electron chi connectivity index (χ3n) is 2.05. The molecule has 0 saturated carbocycles. The van der Waals surface area contributed by atoms with Gasteiger partial charge in [-0.05, 0) is 12.0 Å². The van der Waals surface area contributed by atoms with E-state index in [4.69, 9.17) is 10.5 Å². The molecule has 0 radical (unpaired) electrons. The van der Waals surface area contributed by atoms with E-state index >= 15 is 0 Å². The van der Waals surface area contributed by atoms with Crippen molar-refractivity contribution >= 4 is 5.71 Å². The largest absolute Gasteiger partial charge is 0.618 e. The van der Waals surface area contributed by atoms with E-state index in [0.717, 1.165) is 16.7 Å². The third kappa shape index (κ3) is 2.53. The van der Waals surface area contributed by atoms with Gasteiger partial charge in [-0.2, -0.15) is 4.73 Å². The molecule has 0 atom stereocenters. The summed E-state index contributed by atoms with van der Waals surface area (Å²) in [4.78, 5) is 0. The summed E-state index contributed by atoms with van der Waals surface area (Å²) in [6.07, 6.45) is 2.52. The average molecular weight is 194 g/mol. The quantitative estimate of drug-likeness (QED) is 0.414. The molecule has 1 heterocycles. The van der Waals surface area contributed by atoms with Crippen LogP contribution in [0.25, 0.3) is 0 Å². The van der Waals surface area contributed by atoms with Gasteiger partial charge < -0.3 is 15.7 Å². The Bertz CT molecular complexity index is 337. The maximum absolute atomic E-state index is 11.3. The monoisotopic (exact) mass is 194 g/mol. The topological polar surface area (TPSA) is 71.0 Å². The van der Waals surface area contributed by atoms with Crippen LogP contribution >= 0.6 is 0 Å². The molecule has 0 spiro atoms. The van der Waals surface area contributed by atoms with Crippen molar-refractivity contribution in [2.75, 3.05) is 6.61 Å². The van der Waals surface area contributed by atoms with Crippen molar-refractivity contribution in [2.24, 2.45) is 0 Å². The second kappa shape index (κ2) is 4.72. The van der Waals surface area contributed by atoms with Crippen LogP contribution in [-0.4, -0.2) is 17.4 Å². The standard InChI is InChI=1S/C10H14N2O2/c1-2-8-3-4-12(14)10(5-8)6-9(11)7-13/h3-5,11,13H,2,6-7H2,1H3. The van der Waals surface area contributed by atoms with E-state index in [1.807, 2.05) is 6.92 Å². The summed E-state index contributed by atoms with van der Waals surface area (Å²) in [5.41, 5.74) is 1.74. The van der Waals surface area contributed by atoms with Crippen molar-refractivity contribution in [3.8, 4) is 0 Å². The minimum absolute atomic E-state index is 0.155. The Hall–Kier alpha value is -1.42. The van der Waals surface area contributed by atoms with Crippen molar-refractivity contribution in [3.05, 3.63) is 34.8 Å². The van der Waals surface area contributed by atoms with Crippen LogP contribution in [0.5, 0.6) is 0 Å². The summed E-state index contributed by atoms with van der Waals surface area (Å²) in [7, 11) is 0. The van der Waals surface area contributed by atoms with Crippen molar-refractivity contribution < 1.29 is 9.84 Å². The number of aryl methyl sites for hydroxylation is 1. The fourth-order valence-corrected chi connectivity index (χ4v) is 1.21. The van der Waals surface area contributed by atoms with E-state index in [-0.39, 0.29) is 18.7 Å². The highest BCUT2D eigenvalue weighted by Gasteiger charge is 2.08. The molecule has 0 amide bonds. The van der Waals surface area contributed by atoms with Crippen molar-refractivity contribution in [2.45, 2.75) is 19.8 Å². The van der Waals surface area contributed by atoms with Crippen LogP contribution in [-0.2, 0) is 12.8 Å². The van der Waals surface area contributed by atoms with E-state index in [9.17, 15) is 5.21 Å². The number of rotatable bonds is 4. The maximum atomic E-state index is 11.3. The van der Waals surface area contributed by atoms with Gasteiger partial charge in [0, 0.05) is 17.8 Å². The molecule has 1 aromatic rings. The van der Waals surface area contributed by atoms with Crippen LogP contribution in [0.4, 0.5) is 0 Å². The first-order valence-corrected chi connectivity index (χ1v) is 4.55. The van der Waals surface area contributed by atoms with Crippen LogP contribution in [0.2, 0.25) is 0 Å². The highest BCUT2D eigenvalue weighted by Crippen LogP contribution is 2.02. The predicted molar refractivity (Wildman–Crippen MR) is 53.3 cm³/mol. The Balaban J connectivity index is 2.89. The lowest BCUT2D eigenvalue weighted by atomic mass is 10.1. The molecule has 76 valence electrons. The molecule has 0 aliphatic heterocycles. The van der Waals surface area contributed by atoms with E-state index in [1.165, 1.54) is 6.20 Å². The molecule has 1 rings (SSSR count). The van der Waals surface area contributed by atoms with Gasteiger partial charge in [0.2, 0.25) is 0 Å². The predicted octanol–water partition coefficient (Wildman–Crippen LogP) is 0.437. The molecule has 0 aliphatic carbocycles. The fraction of sp³-hybridized carbons (Fsp3) is 0.400. The highest BCUT2D eigenvalue weighted by atomic mass is 16.5. The molecule has 0 bridgehead atoms. The lowest BCUT2D eigenvalue weighted by molar-refractivity contribution is -0.613. The van der Waals surface area contributed by atoms with Crippen LogP contribution in [0.1, 0.15) is 18.2 Å². The number of aromatic nitrogens is 1. The molecule has 14 heavy (non-hydrogen) atoms. The van der Waals surface area contributed by atoms with Gasteiger partial charge in [-0.3, -0.25) is 0 Å². The first-order valence-electron chi connectivity index (χ1n) is 4.55. The van der Waals surface area contributed by atoms with Gasteiger partial charge in [0.15, 0.2) is 11.9 Å². The van der Waals surface area contributed by atoms with Crippen LogP contribution in [0.3, 0.4) is 0 Å². The van der Waals surface area contributed by atoms with E-state index in [1.54, 1.807) is 12.1 Å². The zero-order chi connectivity index (χ0) is 10.6. The van der Waals surface area contributed by atoms with Gasteiger partial charge in [-0.1, -0.05) is 6.92 Å². The molecule has 4 nitrogen and oxygen atoms in total. The average Bonchev–Trinajstić information content (AvgIpc) is 2.21. The van der Waals surface area contributed by atoms with Crippen molar-refractivity contribution in [1.82, 2.24) is 0 Å². The first kappa shape index (κ1) is 10.7.